The van der Waals surface area contributed by atoms with Crippen LogP contribution in [0.15, 0.2) is 29.2 Å². The van der Waals surface area contributed by atoms with Crippen molar-refractivity contribution in [3.05, 3.63) is 29.3 Å². The highest BCUT2D eigenvalue weighted by molar-refractivity contribution is 8.05. The van der Waals surface area contributed by atoms with Gasteiger partial charge in [-0.15, -0.1) is 0 Å². The summed E-state index contributed by atoms with van der Waals surface area (Å²) in [5.74, 6) is 0. The molecule has 6 heteroatoms. The van der Waals surface area contributed by atoms with Gasteiger partial charge < -0.3 is 4.74 Å². The first kappa shape index (κ1) is 11.0. The largest absolute Gasteiger partial charge is 0.457 e. The smallest absolute Gasteiger partial charge is 0.429 e. The summed E-state index contributed by atoms with van der Waals surface area (Å²) < 4.78 is 26.9. The normalized spacial score (nSPS) is 11.0. The molecular weight excluding hydrogens is 228 g/mol. The second kappa shape index (κ2) is 3.98. The second-order valence-corrected chi connectivity index (χ2v) is 4.66. The molecule has 14 heavy (non-hydrogen) atoms. The van der Waals surface area contributed by atoms with Gasteiger partial charge in [-0.3, -0.25) is 0 Å². The quantitative estimate of drug-likeness (QED) is 0.696. The summed E-state index contributed by atoms with van der Waals surface area (Å²) in [5, 5.41) is -1.05. The van der Waals surface area contributed by atoms with Gasteiger partial charge in [-0.05, 0) is 18.2 Å². The van der Waals surface area contributed by atoms with Crippen LogP contribution in [0, 0.1) is 0 Å². The molecular formula is C8H7ClO4S. The van der Waals surface area contributed by atoms with E-state index in [-0.39, 0.29) is 9.92 Å². The molecule has 0 amide bonds. The van der Waals surface area contributed by atoms with E-state index in [1.165, 1.54) is 24.3 Å². The summed E-state index contributed by atoms with van der Waals surface area (Å²) in [4.78, 5) is 10.7. The Bertz CT molecular complexity index is 452. The number of ether oxygens (including phenoxy) is 1. The molecule has 0 saturated carbocycles. The molecule has 0 fully saturated rings. The third-order valence-corrected chi connectivity index (χ3v) is 3.21. The van der Waals surface area contributed by atoms with Crippen molar-refractivity contribution >= 4 is 26.7 Å². The van der Waals surface area contributed by atoms with Crippen molar-refractivity contribution in [3.8, 4) is 0 Å². The fourth-order valence-corrected chi connectivity index (χ4v) is 2.05. The van der Waals surface area contributed by atoms with Crippen LogP contribution < -0.4 is 0 Å². The lowest BCUT2D eigenvalue weighted by atomic mass is 10.4. The zero-order chi connectivity index (χ0) is 10.8. The number of hydrogen-bond acceptors (Lipinski definition) is 4. The Kier molecular flexibility index (Phi) is 3.13. The van der Waals surface area contributed by atoms with E-state index in [1.54, 1.807) is 0 Å². The highest BCUT2D eigenvalue weighted by Crippen LogP contribution is 2.17. The van der Waals surface area contributed by atoms with E-state index in [0.717, 1.165) is 7.11 Å². The summed E-state index contributed by atoms with van der Waals surface area (Å²) in [5.41, 5.74) is 0. The molecule has 0 atom stereocenters. The molecule has 0 aromatic heterocycles. The highest BCUT2D eigenvalue weighted by Gasteiger charge is 2.25. The first-order valence-corrected chi connectivity index (χ1v) is 5.43. The number of benzene rings is 1. The summed E-state index contributed by atoms with van der Waals surface area (Å²) in [6.45, 7) is 0. The maximum absolute atomic E-state index is 11.4. The Morgan fingerprint density at radius 3 is 2.57 bits per heavy atom. The standard InChI is InChI=1S/C8H7ClO4S/c1-13-8(10)14(11,12)7-4-2-3-6(9)5-7/h2-5H,1H3. The molecule has 0 spiro atoms. The lowest BCUT2D eigenvalue weighted by Crippen LogP contribution is -2.14. The van der Waals surface area contributed by atoms with Crippen LogP contribution in [0.3, 0.4) is 0 Å². The zero-order valence-electron chi connectivity index (χ0n) is 7.23. The number of methoxy groups -OCH3 is 1. The van der Waals surface area contributed by atoms with Crippen LogP contribution in [0.25, 0.3) is 0 Å². The van der Waals surface area contributed by atoms with Crippen LogP contribution in [-0.4, -0.2) is 20.8 Å². The third kappa shape index (κ3) is 2.05. The number of carbonyl (C=O) groups is 1. The minimum atomic E-state index is -4.06. The van der Waals surface area contributed by atoms with Crippen LogP contribution in [0.1, 0.15) is 0 Å². The Hall–Kier alpha value is -1.07. The summed E-state index contributed by atoms with van der Waals surface area (Å²) >= 11 is 5.58. The van der Waals surface area contributed by atoms with Gasteiger partial charge in [0.05, 0.1) is 12.0 Å². The summed E-state index contributed by atoms with van der Waals surface area (Å²) in [6.07, 6.45) is 0. The minimum absolute atomic E-state index is 0.170. The minimum Gasteiger partial charge on any atom is -0.457 e. The van der Waals surface area contributed by atoms with E-state index in [4.69, 9.17) is 11.6 Å². The molecule has 76 valence electrons. The number of rotatable bonds is 1. The van der Waals surface area contributed by atoms with Crippen molar-refractivity contribution in [2.45, 2.75) is 4.90 Å². The number of carbonyl (C=O) groups excluding carboxylic acids is 1. The van der Waals surface area contributed by atoms with Crippen LogP contribution in [-0.2, 0) is 14.6 Å². The maximum atomic E-state index is 11.4. The van der Waals surface area contributed by atoms with Gasteiger partial charge in [0, 0.05) is 5.02 Å². The van der Waals surface area contributed by atoms with E-state index in [1.807, 2.05) is 0 Å². The molecule has 0 saturated heterocycles. The van der Waals surface area contributed by atoms with Crippen molar-refractivity contribution in [3.63, 3.8) is 0 Å². The van der Waals surface area contributed by atoms with Crippen molar-refractivity contribution in [2.75, 3.05) is 7.11 Å². The van der Waals surface area contributed by atoms with Gasteiger partial charge in [-0.25, -0.2) is 13.2 Å². The van der Waals surface area contributed by atoms with E-state index in [2.05, 4.69) is 4.74 Å². The molecule has 0 N–H and O–H groups in total. The van der Waals surface area contributed by atoms with Crippen molar-refractivity contribution in [1.29, 1.82) is 0 Å². The lowest BCUT2D eigenvalue weighted by molar-refractivity contribution is 0.197. The number of sulfone groups is 1. The Labute approximate surface area is 86.4 Å². The Morgan fingerprint density at radius 2 is 2.07 bits per heavy atom. The van der Waals surface area contributed by atoms with Crippen LogP contribution >= 0.6 is 11.6 Å². The first-order chi connectivity index (χ1) is 6.48. The zero-order valence-corrected chi connectivity index (χ0v) is 8.80. The molecule has 1 rings (SSSR count). The lowest BCUT2D eigenvalue weighted by Gasteiger charge is -2.01. The monoisotopic (exact) mass is 234 g/mol. The van der Waals surface area contributed by atoms with Gasteiger partial charge in [0.1, 0.15) is 0 Å². The Morgan fingerprint density at radius 1 is 1.43 bits per heavy atom. The fourth-order valence-electron chi connectivity index (χ4n) is 0.840. The average Bonchev–Trinajstić information content (AvgIpc) is 2.16. The molecule has 0 bridgehead atoms. The SMILES string of the molecule is COC(=O)S(=O)(=O)c1cccc(Cl)c1. The van der Waals surface area contributed by atoms with Crippen molar-refractivity contribution in [1.82, 2.24) is 0 Å². The molecule has 0 unspecified atom stereocenters. The number of halogens is 1. The van der Waals surface area contributed by atoms with Crippen LogP contribution in [0.2, 0.25) is 5.02 Å². The molecule has 1 aromatic rings. The van der Waals surface area contributed by atoms with Gasteiger partial charge in [-0.1, -0.05) is 17.7 Å². The predicted molar refractivity (Wildman–Crippen MR) is 51.0 cm³/mol. The molecule has 0 heterocycles. The molecule has 0 aliphatic rings. The van der Waals surface area contributed by atoms with E-state index >= 15 is 0 Å². The fraction of sp³-hybridized carbons (Fsp3) is 0.125. The summed E-state index contributed by atoms with van der Waals surface area (Å²) in [7, 11) is -3.05. The number of hydrogen-bond donors (Lipinski definition) is 0. The molecule has 0 aliphatic heterocycles. The highest BCUT2D eigenvalue weighted by atomic mass is 35.5. The van der Waals surface area contributed by atoms with Crippen LogP contribution in [0.5, 0.6) is 0 Å². The maximum Gasteiger partial charge on any atom is 0.429 e. The third-order valence-electron chi connectivity index (χ3n) is 1.49. The molecule has 0 radical (unpaired) electrons. The van der Waals surface area contributed by atoms with Crippen molar-refractivity contribution < 1.29 is 17.9 Å². The van der Waals surface area contributed by atoms with Gasteiger partial charge >= 0.3 is 5.30 Å². The van der Waals surface area contributed by atoms with E-state index in [0.29, 0.717) is 0 Å². The van der Waals surface area contributed by atoms with E-state index in [9.17, 15) is 13.2 Å². The Balaban J connectivity index is 3.24. The summed E-state index contributed by atoms with van der Waals surface area (Å²) in [6, 6.07) is 5.42. The van der Waals surface area contributed by atoms with Crippen molar-refractivity contribution in [2.24, 2.45) is 0 Å². The topological polar surface area (TPSA) is 60.4 Å². The van der Waals surface area contributed by atoms with E-state index < -0.39 is 15.1 Å². The van der Waals surface area contributed by atoms with Gasteiger partial charge in [0.25, 0.3) is 9.84 Å². The van der Waals surface area contributed by atoms with Gasteiger partial charge in [0.15, 0.2) is 0 Å². The predicted octanol–water partition coefficient (Wildman–Crippen LogP) is 1.88. The molecule has 4 nitrogen and oxygen atoms in total. The first-order valence-electron chi connectivity index (χ1n) is 3.57. The average molecular weight is 235 g/mol. The molecule has 1 aromatic carbocycles. The van der Waals surface area contributed by atoms with Gasteiger partial charge in [0.2, 0.25) is 0 Å². The molecule has 0 aliphatic carbocycles. The second-order valence-electron chi connectivity index (χ2n) is 2.41. The van der Waals surface area contributed by atoms with Crippen LogP contribution in [0.4, 0.5) is 4.79 Å². The van der Waals surface area contributed by atoms with Gasteiger partial charge in [-0.2, -0.15) is 0 Å².